The summed E-state index contributed by atoms with van der Waals surface area (Å²) < 4.78 is 29.8. The maximum absolute atomic E-state index is 14.0. The zero-order valence-corrected chi connectivity index (χ0v) is 31.4. The van der Waals surface area contributed by atoms with E-state index in [1.54, 1.807) is 25.3 Å². The average molecular weight is 674 g/mol. The van der Waals surface area contributed by atoms with E-state index in [4.69, 9.17) is 15.1 Å². The van der Waals surface area contributed by atoms with Crippen LogP contribution in [-0.4, -0.2) is 80.9 Å². The van der Waals surface area contributed by atoms with Gasteiger partial charge in [-0.05, 0) is 64.5 Å². The summed E-state index contributed by atoms with van der Waals surface area (Å²) in [6.45, 7) is 24.9. The first-order chi connectivity index (χ1) is 22.3. The SMILES string of the molecule is C=C(C)C(=O)C(C)C.CC.CC1CNC(=O)C(Cc2nn3cc(C(C)CCC(C)(C)C(C)(F)F)nc3nc2N2CCN(C)C3(CC3)C2)C1. The first-order valence-electron chi connectivity index (χ1n) is 17.9. The summed E-state index contributed by atoms with van der Waals surface area (Å²) in [4.78, 5) is 38.1. The van der Waals surface area contributed by atoms with Gasteiger partial charge in [0.15, 0.2) is 11.6 Å². The van der Waals surface area contributed by atoms with E-state index < -0.39 is 11.3 Å². The number of piperazine rings is 1. The summed E-state index contributed by atoms with van der Waals surface area (Å²) in [6, 6.07) is 0. The van der Waals surface area contributed by atoms with Gasteiger partial charge in [-0.25, -0.2) is 18.3 Å². The molecule has 2 aliphatic heterocycles. The monoisotopic (exact) mass is 673 g/mol. The van der Waals surface area contributed by atoms with Gasteiger partial charge in [0.25, 0.3) is 5.78 Å². The molecule has 3 aliphatic rings. The minimum absolute atomic E-state index is 0.00429. The largest absolute Gasteiger partial charge is 0.356 e. The molecule has 2 saturated heterocycles. The van der Waals surface area contributed by atoms with Gasteiger partial charge in [0, 0.05) is 61.3 Å². The number of nitrogens with zero attached hydrogens (tertiary/aromatic N) is 6. The number of alkyl halides is 2. The number of anilines is 1. The number of amides is 1. The third kappa shape index (κ3) is 9.39. The number of ketones is 1. The predicted molar refractivity (Wildman–Crippen MR) is 190 cm³/mol. The fourth-order valence-corrected chi connectivity index (χ4v) is 6.36. The van der Waals surface area contributed by atoms with Crippen molar-refractivity contribution >= 4 is 23.3 Å². The van der Waals surface area contributed by atoms with Crippen LogP contribution in [0.3, 0.4) is 0 Å². The Morgan fingerprint density at radius 3 is 2.33 bits per heavy atom. The Morgan fingerprint density at radius 1 is 1.15 bits per heavy atom. The van der Waals surface area contributed by atoms with Gasteiger partial charge in [-0.1, -0.05) is 62.0 Å². The van der Waals surface area contributed by atoms with E-state index in [0.717, 1.165) is 56.7 Å². The molecule has 4 heterocycles. The first-order valence-corrected chi connectivity index (χ1v) is 17.9. The molecule has 1 aliphatic carbocycles. The number of carbonyl (C=O) groups is 2. The second-order valence-corrected chi connectivity index (χ2v) is 15.4. The molecule has 1 amide bonds. The van der Waals surface area contributed by atoms with Crippen molar-refractivity contribution in [3.8, 4) is 0 Å². The lowest BCUT2D eigenvalue weighted by Crippen LogP contribution is -2.54. The van der Waals surface area contributed by atoms with Crippen molar-refractivity contribution in [2.24, 2.45) is 23.2 Å². The predicted octanol–water partition coefficient (Wildman–Crippen LogP) is 7.10. The second-order valence-electron chi connectivity index (χ2n) is 15.4. The van der Waals surface area contributed by atoms with Crippen LogP contribution in [-0.2, 0) is 16.0 Å². The maximum Gasteiger partial charge on any atom is 0.252 e. The number of likely N-dealkylation sites (N-methyl/N-ethyl adjacent to an activating group) is 1. The van der Waals surface area contributed by atoms with Crippen LogP contribution in [0.2, 0.25) is 0 Å². The van der Waals surface area contributed by atoms with Gasteiger partial charge in [0.05, 0.1) is 11.9 Å². The highest BCUT2D eigenvalue weighted by molar-refractivity contribution is 5.95. The molecule has 11 heteroatoms. The molecule has 1 spiro atoms. The zero-order chi connectivity index (χ0) is 36.2. The Hall–Kier alpha value is -2.95. The molecule has 48 heavy (non-hydrogen) atoms. The number of rotatable bonds is 10. The van der Waals surface area contributed by atoms with Crippen LogP contribution in [0.1, 0.15) is 119 Å². The Kier molecular flexibility index (Phi) is 12.9. The van der Waals surface area contributed by atoms with Gasteiger partial charge in [0.1, 0.15) is 5.69 Å². The summed E-state index contributed by atoms with van der Waals surface area (Å²) in [5.74, 6) is -0.752. The first kappa shape index (κ1) is 39.5. The van der Waals surface area contributed by atoms with Crippen molar-refractivity contribution in [2.45, 2.75) is 125 Å². The number of piperidine rings is 1. The van der Waals surface area contributed by atoms with Crippen molar-refractivity contribution in [2.75, 3.05) is 38.1 Å². The smallest absolute Gasteiger partial charge is 0.252 e. The van der Waals surface area contributed by atoms with E-state index in [9.17, 15) is 18.4 Å². The van der Waals surface area contributed by atoms with E-state index in [0.29, 0.717) is 36.5 Å². The maximum atomic E-state index is 14.0. The fraction of sp³-hybridized carbons (Fsp3) is 0.757. The number of imidazole rings is 1. The van der Waals surface area contributed by atoms with Gasteiger partial charge < -0.3 is 10.2 Å². The van der Waals surface area contributed by atoms with E-state index >= 15 is 0 Å². The van der Waals surface area contributed by atoms with Gasteiger partial charge >= 0.3 is 0 Å². The lowest BCUT2D eigenvalue weighted by molar-refractivity contribution is -0.127. The Balaban J connectivity index is 0.000000550. The van der Waals surface area contributed by atoms with Crippen LogP contribution in [0.25, 0.3) is 5.78 Å². The molecule has 5 rings (SSSR count). The second kappa shape index (κ2) is 15.7. The molecule has 3 atom stereocenters. The van der Waals surface area contributed by atoms with Crippen molar-refractivity contribution < 1.29 is 18.4 Å². The number of halogens is 2. The van der Waals surface area contributed by atoms with E-state index in [2.05, 4.69) is 35.7 Å². The lowest BCUT2D eigenvalue weighted by Gasteiger charge is -2.41. The summed E-state index contributed by atoms with van der Waals surface area (Å²) in [6.07, 6.45) is 6.62. The Bertz CT molecular complexity index is 1430. The molecule has 1 N–H and O–H groups in total. The van der Waals surface area contributed by atoms with Gasteiger partial charge in [-0.2, -0.15) is 10.1 Å². The van der Waals surface area contributed by atoms with Gasteiger partial charge in [0.2, 0.25) is 11.8 Å². The van der Waals surface area contributed by atoms with Gasteiger partial charge in [-0.15, -0.1) is 0 Å². The molecule has 2 aromatic heterocycles. The van der Waals surface area contributed by atoms with Crippen LogP contribution < -0.4 is 10.2 Å². The highest BCUT2D eigenvalue weighted by atomic mass is 19.3. The van der Waals surface area contributed by atoms with Gasteiger partial charge in [-0.3, -0.25) is 14.5 Å². The van der Waals surface area contributed by atoms with Crippen LogP contribution >= 0.6 is 0 Å². The highest BCUT2D eigenvalue weighted by Gasteiger charge is 2.50. The number of fused-ring (bicyclic) bond motifs is 1. The number of hydrogen-bond acceptors (Lipinski definition) is 7. The minimum Gasteiger partial charge on any atom is -0.356 e. The molecule has 1 saturated carbocycles. The summed E-state index contributed by atoms with van der Waals surface area (Å²) >= 11 is 0. The molecule has 0 aromatic carbocycles. The normalized spacial score (nSPS) is 21.6. The summed E-state index contributed by atoms with van der Waals surface area (Å²) in [7, 11) is 2.20. The molecule has 3 fully saturated rings. The Labute approximate surface area is 287 Å². The van der Waals surface area contributed by atoms with Crippen molar-refractivity contribution in [3.63, 3.8) is 0 Å². The molecular formula is C37H61F2N7O2. The Morgan fingerprint density at radius 2 is 1.79 bits per heavy atom. The standard InChI is InChI=1S/C28H43F2N7O.C7H12O.C2H6/c1-18-13-20(24(38)31-15-18)14-21-23(36-12-11-35(6)28(17-36)9-10-28)33-25-32-22(16-37(25)34-21)19(2)7-8-26(3,4)27(5,29)30;1-5(2)7(8)6(3)4;1-2/h16,18-20H,7-15,17H2,1-6H3,(H,31,38);6H,1H2,2-4H3;1-2H3. The topological polar surface area (TPSA) is 95.7 Å². The molecule has 0 radical (unpaired) electrons. The molecule has 270 valence electrons. The third-order valence-electron chi connectivity index (χ3n) is 10.5. The highest BCUT2D eigenvalue weighted by Crippen LogP contribution is 2.44. The van der Waals surface area contributed by atoms with Crippen LogP contribution in [0.4, 0.5) is 14.6 Å². The number of nitrogens with one attached hydrogen (secondary N) is 1. The van der Waals surface area contributed by atoms with Crippen LogP contribution in [0.15, 0.2) is 18.3 Å². The molecule has 3 unspecified atom stereocenters. The van der Waals surface area contributed by atoms with E-state index in [1.807, 2.05) is 40.8 Å². The molecule has 2 aromatic rings. The molecular weight excluding hydrogens is 612 g/mol. The van der Waals surface area contributed by atoms with Crippen molar-refractivity contribution in [3.05, 3.63) is 29.7 Å². The van der Waals surface area contributed by atoms with E-state index in [-0.39, 0.29) is 35.0 Å². The molecule has 0 bridgehead atoms. The third-order valence-corrected chi connectivity index (χ3v) is 10.5. The lowest BCUT2D eigenvalue weighted by atomic mass is 9.79. The fourth-order valence-electron chi connectivity index (χ4n) is 6.36. The summed E-state index contributed by atoms with van der Waals surface area (Å²) in [5.41, 5.74) is 1.41. The zero-order valence-electron chi connectivity index (χ0n) is 31.4. The number of aromatic nitrogens is 4. The molecule has 9 nitrogen and oxygen atoms in total. The summed E-state index contributed by atoms with van der Waals surface area (Å²) in [5, 5.41) is 8.02. The van der Waals surface area contributed by atoms with Crippen LogP contribution in [0, 0.1) is 23.2 Å². The average Bonchev–Trinajstić information content (AvgIpc) is 3.67. The number of Topliss-reactive ketones (excluding diaryl/α,β-unsaturated/α-hetero) is 1. The number of hydrogen-bond donors (Lipinski definition) is 1. The number of carbonyl (C=O) groups excluding carboxylic acids is 2. The number of allylic oxidation sites excluding steroid dienone is 1. The van der Waals surface area contributed by atoms with Crippen molar-refractivity contribution in [1.82, 2.24) is 29.8 Å². The van der Waals surface area contributed by atoms with Crippen LogP contribution in [0.5, 0.6) is 0 Å². The quantitative estimate of drug-likeness (QED) is 0.269. The van der Waals surface area contributed by atoms with E-state index in [1.165, 1.54) is 12.8 Å². The van der Waals surface area contributed by atoms with Crippen molar-refractivity contribution in [1.29, 1.82) is 0 Å². The minimum atomic E-state index is -2.75.